The fourth-order valence-electron chi connectivity index (χ4n) is 6.47. The van der Waals surface area contributed by atoms with Gasteiger partial charge in [-0.25, -0.2) is 9.59 Å². The van der Waals surface area contributed by atoms with Gasteiger partial charge in [0, 0.05) is 37.3 Å². The molecule has 0 saturated carbocycles. The highest BCUT2D eigenvalue weighted by molar-refractivity contribution is 5.89. The quantitative estimate of drug-likeness (QED) is 0.366. The maximum absolute atomic E-state index is 9.55. The molecule has 244 valence electrons. The van der Waals surface area contributed by atoms with Gasteiger partial charge in [-0.05, 0) is 98.8 Å². The average Bonchev–Trinajstić information content (AvgIpc) is 2.99. The van der Waals surface area contributed by atoms with Crippen molar-refractivity contribution in [3.8, 4) is 11.5 Å². The van der Waals surface area contributed by atoms with Crippen molar-refractivity contribution in [2.24, 2.45) is 11.8 Å². The summed E-state index contributed by atoms with van der Waals surface area (Å²) in [7, 11) is 7.93. The molecule has 0 bridgehead atoms. The first-order chi connectivity index (χ1) is 20.6. The molecule has 8 nitrogen and oxygen atoms in total. The minimum absolute atomic E-state index is 0.250. The molecule has 44 heavy (non-hydrogen) atoms. The van der Waals surface area contributed by atoms with Gasteiger partial charge in [-0.3, -0.25) is 0 Å². The van der Waals surface area contributed by atoms with E-state index in [4.69, 9.17) is 19.7 Å². The van der Waals surface area contributed by atoms with E-state index in [-0.39, 0.29) is 10.8 Å². The maximum Gasteiger partial charge on any atom is 0.328 e. The number of hydrogen-bond acceptors (Lipinski definition) is 6. The van der Waals surface area contributed by atoms with Crippen LogP contribution in [0.25, 0.3) is 0 Å². The smallest absolute Gasteiger partial charge is 0.328 e. The first-order valence-corrected chi connectivity index (χ1v) is 15.4. The van der Waals surface area contributed by atoms with Crippen molar-refractivity contribution >= 4 is 11.9 Å². The van der Waals surface area contributed by atoms with Gasteiger partial charge < -0.3 is 29.5 Å². The van der Waals surface area contributed by atoms with E-state index in [2.05, 4.69) is 102 Å². The van der Waals surface area contributed by atoms with Gasteiger partial charge >= 0.3 is 11.9 Å². The predicted molar refractivity (Wildman–Crippen MR) is 177 cm³/mol. The molecule has 0 aromatic heterocycles. The highest BCUT2D eigenvalue weighted by atomic mass is 16.5. The van der Waals surface area contributed by atoms with Crippen LogP contribution in [-0.4, -0.2) is 85.4 Å². The number of aliphatic carboxylic acids is 2. The van der Waals surface area contributed by atoms with Gasteiger partial charge in [-0.15, -0.1) is 0 Å². The van der Waals surface area contributed by atoms with Crippen molar-refractivity contribution in [1.82, 2.24) is 9.80 Å². The summed E-state index contributed by atoms with van der Waals surface area (Å²) in [4.78, 5) is 24.0. The van der Waals surface area contributed by atoms with Crippen LogP contribution in [0.3, 0.4) is 0 Å². The molecule has 8 heteroatoms. The third kappa shape index (κ3) is 9.57. The Morgan fingerprint density at radius 1 is 0.727 bits per heavy atom. The van der Waals surface area contributed by atoms with Crippen molar-refractivity contribution in [1.29, 1.82) is 0 Å². The Hall–Kier alpha value is -3.36. The van der Waals surface area contributed by atoms with Gasteiger partial charge in [0.05, 0.1) is 14.2 Å². The number of hydrogen-bond donors (Lipinski definition) is 2. The number of piperidine rings is 2. The molecule has 0 radical (unpaired) electrons. The highest BCUT2D eigenvalue weighted by Crippen LogP contribution is 2.43. The Kier molecular flexibility index (Phi) is 13.5. The lowest BCUT2D eigenvalue weighted by Gasteiger charge is -2.47. The van der Waals surface area contributed by atoms with Crippen LogP contribution in [0.4, 0.5) is 0 Å². The van der Waals surface area contributed by atoms with Gasteiger partial charge in [0.25, 0.3) is 0 Å². The number of methoxy groups -OCH3 is 2. The van der Waals surface area contributed by atoms with Gasteiger partial charge in [-0.1, -0.05) is 52.0 Å². The van der Waals surface area contributed by atoms with Crippen molar-refractivity contribution in [3.05, 3.63) is 71.8 Å². The molecule has 0 aliphatic carbocycles. The zero-order chi connectivity index (χ0) is 33.2. The summed E-state index contributed by atoms with van der Waals surface area (Å²) in [5.74, 6) is 0.733. The standard InChI is InChI=1S/2C16H25NO.C4H4O4/c2*1-12-11-17(4)13(2)10-16(12,3)14-7-6-8-15(9-14)18-5;5-3(6)1-2-4(7)8/h2*6-9,12-13H,10-11H2,1-5H3;1-2H,(H,5,6)(H,7,8). The third-order valence-electron chi connectivity index (χ3n) is 10.1. The monoisotopic (exact) mass is 610 g/mol. The lowest BCUT2D eigenvalue weighted by molar-refractivity contribution is -0.134. The van der Waals surface area contributed by atoms with E-state index >= 15 is 0 Å². The molecule has 6 atom stereocenters. The Morgan fingerprint density at radius 3 is 1.36 bits per heavy atom. The van der Waals surface area contributed by atoms with Crippen LogP contribution in [0.15, 0.2) is 60.7 Å². The van der Waals surface area contributed by atoms with Crippen molar-refractivity contribution in [3.63, 3.8) is 0 Å². The number of nitrogens with zero attached hydrogens (tertiary/aromatic N) is 2. The molecule has 2 N–H and O–H groups in total. The van der Waals surface area contributed by atoms with Crippen LogP contribution in [0.2, 0.25) is 0 Å². The molecule has 6 unspecified atom stereocenters. The molecule has 2 aliphatic rings. The van der Waals surface area contributed by atoms with E-state index < -0.39 is 11.9 Å². The molecule has 2 aromatic carbocycles. The summed E-state index contributed by atoms with van der Waals surface area (Å²) < 4.78 is 10.7. The fourth-order valence-corrected chi connectivity index (χ4v) is 6.47. The van der Waals surface area contributed by atoms with E-state index in [0.29, 0.717) is 36.1 Å². The van der Waals surface area contributed by atoms with E-state index in [1.165, 1.54) is 24.0 Å². The molecule has 4 rings (SSSR count). The second-order valence-corrected chi connectivity index (χ2v) is 13.1. The lowest BCUT2D eigenvalue weighted by Crippen LogP contribution is -2.50. The molecule has 0 spiro atoms. The Morgan fingerprint density at radius 2 is 1.07 bits per heavy atom. The van der Waals surface area contributed by atoms with Crippen LogP contribution in [0.5, 0.6) is 11.5 Å². The number of benzene rings is 2. The molecule has 2 heterocycles. The maximum atomic E-state index is 9.55. The Balaban J connectivity index is 0.000000248. The van der Waals surface area contributed by atoms with Crippen molar-refractivity contribution in [2.45, 2.75) is 77.3 Å². The van der Waals surface area contributed by atoms with E-state index in [9.17, 15) is 9.59 Å². The van der Waals surface area contributed by atoms with Gasteiger partial charge in [-0.2, -0.15) is 0 Å². The molecule has 2 fully saturated rings. The molecule has 2 aliphatic heterocycles. The van der Waals surface area contributed by atoms with Crippen molar-refractivity contribution in [2.75, 3.05) is 41.4 Å². The first kappa shape index (κ1) is 36.8. The summed E-state index contributed by atoms with van der Waals surface area (Å²) in [6.07, 6.45) is 3.53. The molecule has 2 aromatic rings. The zero-order valence-electron chi connectivity index (χ0n) is 28.3. The number of carbonyl (C=O) groups is 2. The average molecular weight is 611 g/mol. The topological polar surface area (TPSA) is 99.5 Å². The number of likely N-dealkylation sites (tertiary alicyclic amines) is 2. The predicted octanol–water partition coefficient (Wildman–Crippen LogP) is 6.34. The minimum atomic E-state index is -1.26. The number of ether oxygens (including phenoxy) is 2. The first-order valence-electron chi connectivity index (χ1n) is 15.4. The van der Waals surface area contributed by atoms with Crippen LogP contribution < -0.4 is 9.47 Å². The van der Waals surface area contributed by atoms with Gasteiger partial charge in [0.1, 0.15) is 11.5 Å². The molecular weight excluding hydrogens is 556 g/mol. The van der Waals surface area contributed by atoms with Crippen LogP contribution in [0, 0.1) is 11.8 Å². The van der Waals surface area contributed by atoms with E-state index in [1.54, 1.807) is 14.2 Å². The number of carboxylic acid groups (broad SMARTS) is 2. The minimum Gasteiger partial charge on any atom is -0.497 e. The largest absolute Gasteiger partial charge is 0.497 e. The van der Waals surface area contributed by atoms with Crippen LogP contribution in [-0.2, 0) is 20.4 Å². The fraction of sp³-hybridized carbons (Fsp3) is 0.556. The molecule has 0 amide bonds. The van der Waals surface area contributed by atoms with E-state index in [0.717, 1.165) is 24.6 Å². The number of carboxylic acids is 2. The normalized spacial score (nSPS) is 29.0. The second-order valence-electron chi connectivity index (χ2n) is 13.1. The highest BCUT2D eigenvalue weighted by Gasteiger charge is 2.41. The summed E-state index contributed by atoms with van der Waals surface area (Å²) in [5, 5.41) is 15.6. The van der Waals surface area contributed by atoms with E-state index in [1.807, 2.05) is 12.1 Å². The van der Waals surface area contributed by atoms with Crippen LogP contribution in [0.1, 0.15) is 65.5 Å². The summed E-state index contributed by atoms with van der Waals surface area (Å²) in [6, 6.07) is 18.4. The zero-order valence-corrected chi connectivity index (χ0v) is 28.3. The lowest BCUT2D eigenvalue weighted by atomic mass is 9.66. The molecule has 2 saturated heterocycles. The summed E-state index contributed by atoms with van der Waals surface area (Å²) in [5.41, 5.74) is 3.32. The van der Waals surface area contributed by atoms with Gasteiger partial charge in [0.2, 0.25) is 0 Å². The Labute approximate surface area is 264 Å². The molecular formula is C36H54N2O6. The third-order valence-corrected chi connectivity index (χ3v) is 10.1. The van der Waals surface area contributed by atoms with Crippen LogP contribution >= 0.6 is 0 Å². The SMILES string of the molecule is COc1cccc(C2(C)CC(C)N(C)CC2C)c1.COc1cccc(C2(C)CC(C)N(C)CC2C)c1.O=C(O)C=CC(=O)O. The Bertz CT molecular complexity index is 1170. The van der Waals surface area contributed by atoms with Gasteiger partial charge in [0.15, 0.2) is 0 Å². The summed E-state index contributed by atoms with van der Waals surface area (Å²) in [6.45, 7) is 16.5. The number of rotatable bonds is 6. The second kappa shape index (κ2) is 16.1. The van der Waals surface area contributed by atoms with Crippen molar-refractivity contribution < 1.29 is 29.3 Å². The summed E-state index contributed by atoms with van der Waals surface area (Å²) >= 11 is 0.